The first kappa shape index (κ1) is 14.8. The molecule has 0 amide bonds. The summed E-state index contributed by atoms with van der Waals surface area (Å²) in [4.78, 5) is 11.6. The SMILES string of the molecule is CCOC(=O)[C@H]1CC[C@H]([S+]([O-])C(C)(C)C)CC1. The van der Waals surface area contributed by atoms with E-state index in [0.717, 1.165) is 25.7 Å². The first-order valence-corrected chi connectivity index (χ1v) is 7.65. The first-order chi connectivity index (χ1) is 7.86. The van der Waals surface area contributed by atoms with Crippen molar-refractivity contribution in [2.24, 2.45) is 5.92 Å². The number of carbonyl (C=O) groups excluding carboxylic acids is 1. The fourth-order valence-electron chi connectivity index (χ4n) is 2.27. The Hall–Kier alpha value is -0.220. The van der Waals surface area contributed by atoms with Crippen LogP contribution in [0.2, 0.25) is 0 Å². The Kier molecular flexibility index (Phi) is 5.32. The van der Waals surface area contributed by atoms with E-state index in [4.69, 9.17) is 4.74 Å². The van der Waals surface area contributed by atoms with E-state index in [1.54, 1.807) is 0 Å². The average molecular weight is 260 g/mol. The Labute approximate surface area is 107 Å². The Morgan fingerprint density at radius 3 is 2.24 bits per heavy atom. The molecule has 1 rings (SSSR count). The van der Waals surface area contributed by atoms with Gasteiger partial charge >= 0.3 is 5.97 Å². The van der Waals surface area contributed by atoms with Gasteiger partial charge in [0, 0.05) is 0 Å². The van der Waals surface area contributed by atoms with E-state index in [9.17, 15) is 9.35 Å². The molecule has 1 aliphatic rings. The summed E-state index contributed by atoms with van der Waals surface area (Å²) in [5.74, 6) is -0.0457. The lowest BCUT2D eigenvalue weighted by Gasteiger charge is -2.35. The lowest BCUT2D eigenvalue weighted by atomic mass is 9.89. The largest absolute Gasteiger partial charge is 0.616 e. The van der Waals surface area contributed by atoms with Crippen LogP contribution in [0.4, 0.5) is 0 Å². The molecule has 0 aromatic heterocycles. The van der Waals surface area contributed by atoms with Crippen LogP contribution in [0, 0.1) is 5.92 Å². The van der Waals surface area contributed by atoms with Gasteiger partial charge in [0.1, 0.15) is 10.00 Å². The van der Waals surface area contributed by atoms with Crippen molar-refractivity contribution >= 4 is 17.1 Å². The van der Waals surface area contributed by atoms with Gasteiger partial charge in [0.05, 0.1) is 12.5 Å². The van der Waals surface area contributed by atoms with Crippen LogP contribution in [0.5, 0.6) is 0 Å². The minimum Gasteiger partial charge on any atom is -0.616 e. The normalized spacial score (nSPS) is 27.6. The van der Waals surface area contributed by atoms with Crippen molar-refractivity contribution < 1.29 is 14.1 Å². The molecule has 0 saturated heterocycles. The molecule has 1 aliphatic carbocycles. The molecule has 3 nitrogen and oxygen atoms in total. The van der Waals surface area contributed by atoms with Gasteiger partial charge in [0.2, 0.25) is 0 Å². The highest BCUT2D eigenvalue weighted by Gasteiger charge is 2.38. The maximum atomic E-state index is 12.2. The highest BCUT2D eigenvalue weighted by Crippen LogP contribution is 2.33. The van der Waals surface area contributed by atoms with E-state index in [1.165, 1.54) is 0 Å². The molecule has 0 radical (unpaired) electrons. The van der Waals surface area contributed by atoms with Gasteiger partial charge in [-0.15, -0.1) is 0 Å². The van der Waals surface area contributed by atoms with Gasteiger partial charge in [-0.2, -0.15) is 0 Å². The summed E-state index contributed by atoms with van der Waals surface area (Å²) in [6, 6.07) is 0. The summed E-state index contributed by atoms with van der Waals surface area (Å²) in [5.41, 5.74) is 0. The van der Waals surface area contributed by atoms with Crippen molar-refractivity contribution in [3.63, 3.8) is 0 Å². The molecule has 0 heterocycles. The van der Waals surface area contributed by atoms with Crippen molar-refractivity contribution in [2.45, 2.75) is 63.4 Å². The molecule has 0 aliphatic heterocycles. The Balaban J connectivity index is 2.43. The highest BCUT2D eigenvalue weighted by atomic mass is 32.2. The van der Waals surface area contributed by atoms with Crippen molar-refractivity contribution in [1.29, 1.82) is 0 Å². The molecule has 0 bridgehead atoms. The fraction of sp³-hybridized carbons (Fsp3) is 0.923. The molecule has 0 aromatic carbocycles. The minimum atomic E-state index is -0.808. The maximum absolute atomic E-state index is 12.2. The van der Waals surface area contributed by atoms with Gasteiger partial charge < -0.3 is 9.29 Å². The topological polar surface area (TPSA) is 49.4 Å². The zero-order valence-corrected chi connectivity index (χ0v) is 12.1. The smallest absolute Gasteiger partial charge is 0.308 e. The molecular weight excluding hydrogens is 236 g/mol. The molecular formula is C13H24O3S. The quantitative estimate of drug-likeness (QED) is 0.579. The third-order valence-corrected chi connectivity index (χ3v) is 5.48. The van der Waals surface area contributed by atoms with Crippen molar-refractivity contribution in [3.8, 4) is 0 Å². The monoisotopic (exact) mass is 260 g/mol. The first-order valence-electron chi connectivity index (χ1n) is 6.43. The second-order valence-corrected chi connectivity index (χ2v) is 8.12. The summed E-state index contributed by atoms with van der Waals surface area (Å²) < 4.78 is 17.1. The number of carbonyl (C=O) groups is 1. The zero-order valence-electron chi connectivity index (χ0n) is 11.3. The third-order valence-electron chi connectivity index (χ3n) is 3.20. The van der Waals surface area contributed by atoms with Crippen LogP contribution in [0.1, 0.15) is 53.4 Å². The standard InChI is InChI=1S/C13H24O3S/c1-5-16-12(14)10-6-8-11(9-7-10)17(15)13(2,3)4/h10-11H,5-9H2,1-4H3/t10-,11-,17?. The summed E-state index contributed by atoms with van der Waals surface area (Å²) >= 11 is -0.808. The Morgan fingerprint density at radius 2 is 1.82 bits per heavy atom. The van der Waals surface area contributed by atoms with E-state index in [2.05, 4.69) is 0 Å². The third kappa shape index (κ3) is 4.18. The average Bonchev–Trinajstić information content (AvgIpc) is 2.27. The predicted octanol–water partition coefficient (Wildman–Crippen LogP) is 2.66. The number of hydrogen-bond donors (Lipinski definition) is 0. The van der Waals surface area contributed by atoms with Gasteiger partial charge in [-0.05, 0) is 64.6 Å². The van der Waals surface area contributed by atoms with Crippen LogP contribution in [-0.4, -0.2) is 27.1 Å². The maximum Gasteiger partial charge on any atom is 0.308 e. The molecule has 0 spiro atoms. The molecule has 1 fully saturated rings. The van der Waals surface area contributed by atoms with Crippen molar-refractivity contribution in [2.75, 3.05) is 6.61 Å². The molecule has 17 heavy (non-hydrogen) atoms. The van der Waals surface area contributed by atoms with Gasteiger partial charge in [0.15, 0.2) is 0 Å². The van der Waals surface area contributed by atoms with Crippen molar-refractivity contribution in [1.82, 2.24) is 0 Å². The van der Waals surface area contributed by atoms with Gasteiger partial charge in [-0.25, -0.2) is 0 Å². The van der Waals surface area contributed by atoms with Crippen LogP contribution in [0.25, 0.3) is 0 Å². The molecule has 1 unspecified atom stereocenters. The van der Waals surface area contributed by atoms with Gasteiger partial charge in [0.25, 0.3) is 0 Å². The molecule has 0 aromatic rings. The molecule has 100 valence electrons. The van der Waals surface area contributed by atoms with Gasteiger partial charge in [-0.3, -0.25) is 4.79 Å². The number of rotatable bonds is 3. The van der Waals surface area contributed by atoms with Crippen molar-refractivity contribution in [3.05, 3.63) is 0 Å². The van der Waals surface area contributed by atoms with Crippen LogP contribution < -0.4 is 0 Å². The summed E-state index contributed by atoms with van der Waals surface area (Å²) in [6.45, 7) is 8.33. The molecule has 4 heteroatoms. The van der Waals surface area contributed by atoms with Crippen LogP contribution in [0.3, 0.4) is 0 Å². The molecule has 1 saturated carbocycles. The lowest BCUT2D eigenvalue weighted by molar-refractivity contribution is -0.149. The predicted molar refractivity (Wildman–Crippen MR) is 70.3 cm³/mol. The van der Waals surface area contributed by atoms with Gasteiger partial charge in [-0.1, -0.05) is 0 Å². The zero-order chi connectivity index (χ0) is 13.1. The fourth-order valence-corrected chi connectivity index (χ4v) is 3.97. The van der Waals surface area contributed by atoms with E-state index in [1.807, 2.05) is 27.7 Å². The Morgan fingerprint density at radius 1 is 1.29 bits per heavy atom. The minimum absolute atomic E-state index is 0.0307. The van der Waals surface area contributed by atoms with E-state index in [0.29, 0.717) is 6.61 Å². The van der Waals surface area contributed by atoms with Crippen LogP contribution >= 0.6 is 0 Å². The number of ether oxygens (including phenoxy) is 1. The summed E-state index contributed by atoms with van der Waals surface area (Å²) in [5, 5.41) is 0.251. The number of hydrogen-bond acceptors (Lipinski definition) is 3. The van der Waals surface area contributed by atoms with Crippen LogP contribution in [-0.2, 0) is 20.7 Å². The second kappa shape index (κ2) is 6.10. The summed E-state index contributed by atoms with van der Waals surface area (Å²) in [7, 11) is 0. The van der Waals surface area contributed by atoms with E-state index >= 15 is 0 Å². The van der Waals surface area contributed by atoms with Crippen LogP contribution in [0.15, 0.2) is 0 Å². The van der Waals surface area contributed by atoms with E-state index in [-0.39, 0.29) is 21.9 Å². The lowest BCUT2D eigenvalue weighted by Crippen LogP contribution is -2.40. The Bertz CT molecular complexity index is 252. The molecule has 1 atom stereocenters. The summed E-state index contributed by atoms with van der Waals surface area (Å²) in [6.07, 6.45) is 3.41. The molecule has 0 N–H and O–H groups in total. The highest BCUT2D eigenvalue weighted by molar-refractivity contribution is 7.93. The number of esters is 1. The van der Waals surface area contributed by atoms with E-state index < -0.39 is 11.2 Å². The second-order valence-electron chi connectivity index (χ2n) is 5.64.